The predicted molar refractivity (Wildman–Crippen MR) is 113 cm³/mol. The van der Waals surface area contributed by atoms with Crippen LogP contribution in [0.3, 0.4) is 0 Å². The van der Waals surface area contributed by atoms with Gasteiger partial charge in [-0.25, -0.2) is 0 Å². The molecule has 3 aromatic rings. The van der Waals surface area contributed by atoms with E-state index in [2.05, 4.69) is 32.7 Å². The molecule has 0 atom stereocenters. The third-order valence-corrected chi connectivity index (χ3v) is 3.31. The zero-order chi connectivity index (χ0) is 19.5. The van der Waals surface area contributed by atoms with Gasteiger partial charge in [-0.1, -0.05) is 18.2 Å². The fourth-order valence-electron chi connectivity index (χ4n) is 2.00. The smallest absolute Gasteiger partial charge is 0.184 e. The van der Waals surface area contributed by atoms with E-state index in [9.17, 15) is 5.11 Å². The summed E-state index contributed by atoms with van der Waals surface area (Å²) in [4.78, 5) is 8.37. The van der Waals surface area contributed by atoms with Crippen molar-refractivity contribution in [2.75, 3.05) is 7.11 Å². The largest absolute Gasteiger partial charge is 0.504 e. The summed E-state index contributed by atoms with van der Waals surface area (Å²) >= 11 is 4.56. The first-order valence-electron chi connectivity index (χ1n) is 7.88. The molecule has 0 saturated heterocycles. The van der Waals surface area contributed by atoms with Gasteiger partial charge in [0, 0.05) is 35.0 Å². The number of pyridine rings is 2. The van der Waals surface area contributed by atoms with Crippen LogP contribution in [0.4, 0.5) is 0 Å². The maximum Gasteiger partial charge on any atom is 0.184 e. The first kappa shape index (κ1) is 26.0. The van der Waals surface area contributed by atoms with Crippen molar-refractivity contribution in [3.05, 3.63) is 72.6 Å². The molecule has 0 aliphatic heterocycles. The molecule has 0 aliphatic rings. The van der Waals surface area contributed by atoms with Gasteiger partial charge in [-0.3, -0.25) is 15.4 Å². The van der Waals surface area contributed by atoms with E-state index < -0.39 is 0 Å². The fraction of sp³-hybridized carbons (Fsp3) is 0.0526. The van der Waals surface area contributed by atoms with Crippen molar-refractivity contribution in [3.8, 4) is 22.9 Å². The second-order valence-corrected chi connectivity index (χ2v) is 5.50. The van der Waals surface area contributed by atoms with Crippen molar-refractivity contribution in [3.63, 3.8) is 0 Å². The zero-order valence-electron chi connectivity index (χ0n) is 15.4. The quantitative estimate of drug-likeness (QED) is 0.233. The van der Waals surface area contributed by atoms with Gasteiger partial charge in [0.1, 0.15) is 0 Å². The molecule has 10 heteroatoms. The average molecular weight is 463 g/mol. The number of ether oxygens (including phenoxy) is 1. The van der Waals surface area contributed by atoms with E-state index in [1.165, 1.54) is 13.3 Å². The molecular weight excluding hydrogens is 442 g/mol. The van der Waals surface area contributed by atoms with E-state index in [1.54, 1.807) is 30.6 Å². The number of methoxy groups -OCH3 is 1. The summed E-state index contributed by atoms with van der Waals surface area (Å²) in [6.07, 6.45) is 4.94. The molecule has 2 aromatic heterocycles. The molecule has 0 aliphatic carbocycles. The number of phenols is 1. The van der Waals surface area contributed by atoms with Crippen molar-refractivity contribution < 1.29 is 32.4 Å². The predicted octanol–water partition coefficient (Wildman–Crippen LogP) is 1.88. The van der Waals surface area contributed by atoms with Gasteiger partial charge < -0.3 is 21.1 Å². The van der Waals surface area contributed by atoms with Gasteiger partial charge in [0.2, 0.25) is 0 Å². The van der Waals surface area contributed by atoms with Crippen LogP contribution in [0, 0.1) is 0 Å². The minimum atomic E-state index is 0. The van der Waals surface area contributed by atoms with E-state index in [4.69, 9.17) is 10.5 Å². The van der Waals surface area contributed by atoms with Gasteiger partial charge in [0.15, 0.2) is 16.6 Å². The van der Waals surface area contributed by atoms with E-state index in [-0.39, 0.29) is 33.4 Å². The molecule has 8 nitrogen and oxygen atoms in total. The summed E-state index contributed by atoms with van der Waals surface area (Å²) in [5.74, 6) is 0.405. The Labute approximate surface area is 184 Å². The molecule has 157 valence electrons. The molecule has 0 bridgehead atoms. The zero-order valence-corrected chi connectivity index (χ0v) is 17.2. The van der Waals surface area contributed by atoms with Crippen molar-refractivity contribution >= 4 is 23.5 Å². The third kappa shape index (κ3) is 8.67. The van der Waals surface area contributed by atoms with Gasteiger partial charge in [0.05, 0.1) is 24.7 Å². The number of para-hydroxylation sites is 1. The molecule has 0 spiro atoms. The van der Waals surface area contributed by atoms with Crippen molar-refractivity contribution in [1.29, 1.82) is 0 Å². The summed E-state index contributed by atoms with van der Waals surface area (Å²) in [6, 6.07) is 16.7. The van der Waals surface area contributed by atoms with E-state index in [0.717, 1.165) is 11.4 Å². The molecule has 6 N–H and O–H groups in total. The van der Waals surface area contributed by atoms with Gasteiger partial charge >= 0.3 is 0 Å². The number of nitrogens with zero attached hydrogens (tertiary/aromatic N) is 3. The van der Waals surface area contributed by atoms with Crippen LogP contribution < -0.4 is 15.9 Å². The average Bonchev–Trinajstić information content (AvgIpc) is 2.71. The SMILES string of the molecule is COc1cccc(/C=N/NC(N)=S)c1O.O.[Cu].c1ccc(-c2ccccn2)nc1. The molecule has 0 amide bonds. The Hall–Kier alpha value is -3.04. The van der Waals surface area contributed by atoms with Crippen LogP contribution in [0.15, 0.2) is 72.1 Å². The molecule has 0 saturated carbocycles. The summed E-state index contributed by atoms with van der Waals surface area (Å²) in [5.41, 5.74) is 9.90. The Morgan fingerprint density at radius 2 is 1.66 bits per heavy atom. The summed E-state index contributed by atoms with van der Waals surface area (Å²) in [5, 5.41) is 13.4. The van der Waals surface area contributed by atoms with E-state index in [1.807, 2.05) is 36.4 Å². The summed E-state index contributed by atoms with van der Waals surface area (Å²) < 4.78 is 4.93. The Bertz CT molecular complexity index is 861. The first-order chi connectivity index (χ1) is 13.1. The molecule has 1 radical (unpaired) electrons. The summed E-state index contributed by atoms with van der Waals surface area (Å²) in [6.45, 7) is 0. The summed E-state index contributed by atoms with van der Waals surface area (Å²) in [7, 11) is 1.48. The van der Waals surface area contributed by atoms with Crippen molar-refractivity contribution in [2.24, 2.45) is 10.8 Å². The number of hydrazone groups is 1. The monoisotopic (exact) mass is 462 g/mol. The van der Waals surface area contributed by atoms with Crippen LogP contribution in [0.2, 0.25) is 0 Å². The fourth-order valence-corrected chi connectivity index (χ4v) is 2.05. The molecule has 29 heavy (non-hydrogen) atoms. The second-order valence-electron chi connectivity index (χ2n) is 5.06. The number of aromatic nitrogens is 2. The minimum absolute atomic E-state index is 0. The molecule has 2 heterocycles. The first-order valence-corrected chi connectivity index (χ1v) is 8.29. The van der Waals surface area contributed by atoms with Crippen LogP contribution in [-0.2, 0) is 17.1 Å². The number of hydrogen-bond acceptors (Lipinski definition) is 6. The number of aromatic hydroxyl groups is 1. The number of nitrogens with one attached hydrogen (secondary N) is 1. The molecule has 3 rings (SSSR count). The Kier molecular flexibility index (Phi) is 12.6. The number of thiocarbonyl (C=S) groups is 1. The Morgan fingerprint density at radius 3 is 2.10 bits per heavy atom. The number of benzene rings is 1. The van der Waals surface area contributed by atoms with Gasteiger partial charge in [-0.05, 0) is 48.6 Å². The van der Waals surface area contributed by atoms with Crippen LogP contribution in [0.25, 0.3) is 11.4 Å². The maximum absolute atomic E-state index is 9.65. The normalized spacial score (nSPS) is 9.28. The molecular formula is C19H21CuN5O3S. The van der Waals surface area contributed by atoms with Crippen LogP contribution in [-0.4, -0.2) is 39.0 Å². The second kappa shape index (κ2) is 14.0. The Balaban J connectivity index is 0.000000514. The van der Waals surface area contributed by atoms with E-state index in [0.29, 0.717) is 11.3 Å². The van der Waals surface area contributed by atoms with Crippen molar-refractivity contribution in [1.82, 2.24) is 15.4 Å². The number of nitrogens with two attached hydrogens (primary N) is 1. The number of hydrogen-bond donors (Lipinski definition) is 3. The number of rotatable bonds is 4. The number of phenolic OH excluding ortho intramolecular Hbond substituents is 1. The molecule has 0 unspecified atom stereocenters. The van der Waals surface area contributed by atoms with E-state index >= 15 is 0 Å². The maximum atomic E-state index is 9.65. The topological polar surface area (TPSA) is 137 Å². The standard InChI is InChI=1S/C10H8N2.C9H11N3O2S.Cu.H2O/c1-3-7-11-9(5-1)10-6-2-4-8-12-10;1-14-7-4-2-3-6(8(7)13)5-11-12-9(10)15;;/h1-8H;2-5,13H,1H3,(H3,10,12,15);;1H2/b;11-5+;;. The van der Waals surface area contributed by atoms with Crippen LogP contribution in [0.1, 0.15) is 5.56 Å². The van der Waals surface area contributed by atoms with Crippen LogP contribution in [0.5, 0.6) is 11.5 Å². The minimum Gasteiger partial charge on any atom is -0.504 e. The van der Waals surface area contributed by atoms with Crippen LogP contribution >= 0.6 is 12.2 Å². The Morgan fingerprint density at radius 1 is 1.07 bits per heavy atom. The van der Waals surface area contributed by atoms with Gasteiger partial charge in [0.25, 0.3) is 0 Å². The van der Waals surface area contributed by atoms with Crippen molar-refractivity contribution in [2.45, 2.75) is 0 Å². The third-order valence-electron chi connectivity index (χ3n) is 3.22. The molecule has 1 aromatic carbocycles. The van der Waals surface area contributed by atoms with Gasteiger partial charge in [-0.15, -0.1) is 0 Å². The molecule has 0 fully saturated rings. The van der Waals surface area contributed by atoms with Gasteiger partial charge in [-0.2, -0.15) is 5.10 Å².